The summed E-state index contributed by atoms with van der Waals surface area (Å²) in [5.41, 5.74) is 7.38. The molecule has 0 aliphatic rings. The second kappa shape index (κ2) is 6.45. The molecule has 0 aliphatic heterocycles. The summed E-state index contributed by atoms with van der Waals surface area (Å²) in [7, 11) is 1.58. The Hall–Kier alpha value is -3.29. The minimum absolute atomic E-state index is 0.0789. The Balaban J connectivity index is 1.72. The molecule has 0 unspecified atom stereocenters. The predicted octanol–water partition coefficient (Wildman–Crippen LogP) is 2.59. The number of hydrogen-bond donors (Lipinski definition) is 1. The van der Waals surface area contributed by atoms with Gasteiger partial charge in [0.05, 0.1) is 12.8 Å². The highest BCUT2D eigenvalue weighted by Crippen LogP contribution is 2.29. The number of benzene rings is 1. The highest BCUT2D eigenvalue weighted by atomic mass is 16.6. The highest BCUT2D eigenvalue weighted by molar-refractivity contribution is 5.94. The van der Waals surface area contributed by atoms with Crippen LogP contribution in [0.4, 0.5) is 5.88 Å². The largest absolute Gasteiger partial charge is 0.496 e. The molecule has 0 atom stereocenters. The van der Waals surface area contributed by atoms with Crippen molar-refractivity contribution in [1.29, 1.82) is 0 Å². The van der Waals surface area contributed by atoms with Crippen molar-refractivity contribution < 1.29 is 23.3 Å². The molecule has 8 nitrogen and oxygen atoms in total. The number of nitrogen functional groups attached to an aromatic ring is 1. The maximum atomic E-state index is 12.0. The van der Waals surface area contributed by atoms with Gasteiger partial charge in [-0.05, 0) is 19.1 Å². The Bertz CT molecular complexity index is 849. The molecule has 3 rings (SSSR count). The molecule has 0 bridgehead atoms. The zero-order chi connectivity index (χ0) is 17.1. The Labute approximate surface area is 137 Å². The van der Waals surface area contributed by atoms with E-state index < -0.39 is 5.97 Å². The molecule has 0 radical (unpaired) electrons. The summed E-state index contributed by atoms with van der Waals surface area (Å²) in [4.78, 5) is 12.0. The van der Waals surface area contributed by atoms with Gasteiger partial charge in [-0.3, -0.25) is 0 Å². The van der Waals surface area contributed by atoms with Gasteiger partial charge in [0.1, 0.15) is 17.0 Å². The molecule has 0 aliphatic carbocycles. The van der Waals surface area contributed by atoms with Crippen molar-refractivity contribution in [3.8, 4) is 17.0 Å². The molecule has 124 valence electrons. The fourth-order valence-electron chi connectivity index (χ4n) is 2.21. The average Bonchev–Trinajstić information content (AvgIpc) is 3.19. The number of carbonyl (C=O) groups excluding carboxylic acids is 1. The van der Waals surface area contributed by atoms with Crippen LogP contribution in [0.15, 0.2) is 39.4 Å². The van der Waals surface area contributed by atoms with Crippen LogP contribution < -0.4 is 10.5 Å². The molecule has 1 aromatic carbocycles. The maximum absolute atomic E-state index is 12.0. The molecule has 2 aromatic heterocycles. The van der Waals surface area contributed by atoms with Crippen molar-refractivity contribution in [2.45, 2.75) is 13.5 Å². The van der Waals surface area contributed by atoms with E-state index in [2.05, 4.69) is 10.3 Å². The van der Waals surface area contributed by atoms with Gasteiger partial charge in [-0.2, -0.15) is 0 Å². The van der Waals surface area contributed by atoms with E-state index >= 15 is 0 Å². The van der Waals surface area contributed by atoms with Crippen molar-refractivity contribution in [2.24, 2.45) is 0 Å². The third-order valence-electron chi connectivity index (χ3n) is 3.38. The van der Waals surface area contributed by atoms with Crippen LogP contribution in [-0.2, 0) is 11.3 Å². The standard InChI is InChI=1S/C16H15N3O5/c1-9-14(15(17)24-18-9)16(20)22-8-10-7-12(19-23-10)11-5-3-4-6-13(11)21-2/h3-7H,8,17H2,1-2H3. The van der Waals surface area contributed by atoms with E-state index in [1.165, 1.54) is 0 Å². The van der Waals surface area contributed by atoms with Crippen LogP contribution >= 0.6 is 0 Å². The van der Waals surface area contributed by atoms with Crippen molar-refractivity contribution >= 4 is 11.9 Å². The van der Waals surface area contributed by atoms with Gasteiger partial charge < -0.3 is 24.3 Å². The summed E-state index contributed by atoms with van der Waals surface area (Å²) < 4.78 is 20.4. The second-order valence-corrected chi connectivity index (χ2v) is 4.96. The number of para-hydroxylation sites is 1. The normalized spacial score (nSPS) is 10.6. The number of carbonyl (C=O) groups is 1. The first-order valence-corrected chi connectivity index (χ1v) is 7.08. The molecule has 0 spiro atoms. The van der Waals surface area contributed by atoms with Gasteiger partial charge in [-0.25, -0.2) is 4.79 Å². The quantitative estimate of drug-likeness (QED) is 0.710. The number of methoxy groups -OCH3 is 1. The molecular formula is C16H15N3O5. The number of nitrogens with two attached hydrogens (primary N) is 1. The van der Waals surface area contributed by atoms with Gasteiger partial charge in [0.25, 0.3) is 0 Å². The first-order chi connectivity index (χ1) is 11.6. The molecule has 24 heavy (non-hydrogen) atoms. The minimum atomic E-state index is -0.638. The van der Waals surface area contributed by atoms with Crippen LogP contribution in [0.2, 0.25) is 0 Å². The van der Waals surface area contributed by atoms with E-state index in [0.29, 0.717) is 22.9 Å². The summed E-state index contributed by atoms with van der Waals surface area (Å²) in [5, 5.41) is 7.57. The molecule has 2 heterocycles. The topological polar surface area (TPSA) is 114 Å². The van der Waals surface area contributed by atoms with E-state index in [4.69, 9.17) is 24.3 Å². The predicted molar refractivity (Wildman–Crippen MR) is 83.3 cm³/mol. The Morgan fingerprint density at radius 2 is 2.04 bits per heavy atom. The molecule has 8 heteroatoms. The lowest BCUT2D eigenvalue weighted by Crippen LogP contribution is -2.07. The summed E-state index contributed by atoms with van der Waals surface area (Å²) in [6.45, 7) is 1.51. The lowest BCUT2D eigenvalue weighted by atomic mass is 10.1. The molecule has 0 amide bonds. The molecule has 3 aromatic rings. The number of nitrogens with zero attached hydrogens (tertiary/aromatic N) is 2. The van der Waals surface area contributed by atoms with Gasteiger partial charge in [0.2, 0.25) is 5.88 Å². The summed E-state index contributed by atoms with van der Waals surface area (Å²) in [5.74, 6) is 0.338. The van der Waals surface area contributed by atoms with E-state index in [9.17, 15) is 4.79 Å². The first kappa shape index (κ1) is 15.6. The number of aryl methyl sites for hydroxylation is 1. The number of anilines is 1. The number of hydrogen-bond acceptors (Lipinski definition) is 8. The number of aromatic nitrogens is 2. The zero-order valence-corrected chi connectivity index (χ0v) is 13.1. The van der Waals surface area contributed by atoms with Crippen molar-refractivity contribution in [1.82, 2.24) is 10.3 Å². The summed E-state index contributed by atoms with van der Waals surface area (Å²) >= 11 is 0. The third kappa shape index (κ3) is 2.94. The van der Waals surface area contributed by atoms with Crippen molar-refractivity contribution in [3.05, 3.63) is 47.3 Å². The van der Waals surface area contributed by atoms with Crippen LogP contribution in [0.25, 0.3) is 11.3 Å². The molecule has 2 N–H and O–H groups in total. The second-order valence-electron chi connectivity index (χ2n) is 4.96. The van der Waals surface area contributed by atoms with Gasteiger partial charge in [0.15, 0.2) is 12.4 Å². The Morgan fingerprint density at radius 1 is 1.25 bits per heavy atom. The van der Waals surface area contributed by atoms with Crippen molar-refractivity contribution in [3.63, 3.8) is 0 Å². The van der Waals surface area contributed by atoms with E-state index in [0.717, 1.165) is 5.56 Å². The number of rotatable bonds is 5. The average molecular weight is 329 g/mol. The van der Waals surface area contributed by atoms with E-state index in [1.807, 2.05) is 24.3 Å². The monoisotopic (exact) mass is 329 g/mol. The summed E-state index contributed by atoms with van der Waals surface area (Å²) in [6, 6.07) is 9.07. The number of ether oxygens (including phenoxy) is 2. The van der Waals surface area contributed by atoms with Gasteiger partial charge in [-0.15, -0.1) is 0 Å². The van der Waals surface area contributed by atoms with Crippen LogP contribution in [0.5, 0.6) is 5.75 Å². The van der Waals surface area contributed by atoms with Crippen molar-refractivity contribution in [2.75, 3.05) is 12.8 Å². The van der Waals surface area contributed by atoms with Crippen LogP contribution in [0.3, 0.4) is 0 Å². The smallest absolute Gasteiger partial charge is 0.346 e. The Kier molecular flexibility index (Phi) is 4.19. The van der Waals surface area contributed by atoms with Crippen LogP contribution in [0, 0.1) is 6.92 Å². The molecular weight excluding hydrogens is 314 g/mol. The van der Waals surface area contributed by atoms with Crippen LogP contribution in [0.1, 0.15) is 21.8 Å². The van der Waals surface area contributed by atoms with Gasteiger partial charge in [-0.1, -0.05) is 22.4 Å². The fourth-order valence-corrected chi connectivity index (χ4v) is 2.21. The Morgan fingerprint density at radius 3 is 2.75 bits per heavy atom. The molecule has 0 fully saturated rings. The highest BCUT2D eigenvalue weighted by Gasteiger charge is 2.21. The SMILES string of the molecule is COc1ccccc1-c1cc(COC(=O)c2c(C)noc2N)on1. The fraction of sp³-hybridized carbons (Fsp3) is 0.188. The first-order valence-electron chi connectivity index (χ1n) is 7.08. The molecule has 0 saturated carbocycles. The lowest BCUT2D eigenvalue weighted by Gasteiger charge is -2.03. The number of esters is 1. The third-order valence-corrected chi connectivity index (χ3v) is 3.38. The van der Waals surface area contributed by atoms with Gasteiger partial charge in [0, 0.05) is 11.6 Å². The molecule has 0 saturated heterocycles. The van der Waals surface area contributed by atoms with E-state index in [-0.39, 0.29) is 18.1 Å². The van der Waals surface area contributed by atoms with Gasteiger partial charge >= 0.3 is 5.97 Å². The van der Waals surface area contributed by atoms with Crippen LogP contribution in [-0.4, -0.2) is 23.4 Å². The zero-order valence-electron chi connectivity index (χ0n) is 13.1. The minimum Gasteiger partial charge on any atom is -0.496 e. The lowest BCUT2D eigenvalue weighted by molar-refractivity contribution is 0.0437. The maximum Gasteiger partial charge on any atom is 0.346 e. The summed E-state index contributed by atoms with van der Waals surface area (Å²) in [6.07, 6.45) is 0. The van der Waals surface area contributed by atoms with E-state index in [1.54, 1.807) is 20.1 Å².